The van der Waals surface area contributed by atoms with Crippen molar-refractivity contribution in [1.29, 1.82) is 0 Å². The number of fused-ring (bicyclic) bond motifs is 1. The number of hydrogen-bond donors (Lipinski definition) is 0. The van der Waals surface area contributed by atoms with E-state index in [1.54, 1.807) is 11.3 Å². The summed E-state index contributed by atoms with van der Waals surface area (Å²) in [6, 6.07) is 5.96. The monoisotopic (exact) mass is 233 g/mol. The maximum absolute atomic E-state index is 5.54. The first-order chi connectivity index (χ1) is 7.83. The lowest BCUT2D eigenvalue weighted by atomic mass is 10.2. The van der Waals surface area contributed by atoms with Crippen LogP contribution >= 0.6 is 11.3 Å². The van der Waals surface area contributed by atoms with Crippen molar-refractivity contribution in [3.63, 3.8) is 0 Å². The van der Waals surface area contributed by atoms with E-state index in [0.29, 0.717) is 13.2 Å². The van der Waals surface area contributed by atoms with Gasteiger partial charge in [-0.15, -0.1) is 11.3 Å². The maximum Gasteiger partial charge on any atom is 0.162 e. The van der Waals surface area contributed by atoms with E-state index < -0.39 is 0 Å². The third-order valence-corrected chi connectivity index (χ3v) is 3.42. The van der Waals surface area contributed by atoms with E-state index in [1.807, 2.05) is 30.5 Å². The molecule has 2 aromatic rings. The Morgan fingerprint density at radius 2 is 2.00 bits per heavy atom. The Kier molecular flexibility index (Phi) is 2.29. The third-order valence-electron chi connectivity index (χ3n) is 2.41. The minimum Gasteiger partial charge on any atom is -0.486 e. The Bertz CT molecular complexity index is 521. The fourth-order valence-corrected chi connectivity index (χ4v) is 2.46. The first kappa shape index (κ1) is 9.66. The normalized spacial score (nSPS) is 13.8. The van der Waals surface area contributed by atoms with Gasteiger partial charge in [0.05, 0.1) is 0 Å². The van der Waals surface area contributed by atoms with Gasteiger partial charge in [0.1, 0.15) is 18.2 Å². The first-order valence-electron chi connectivity index (χ1n) is 5.15. The van der Waals surface area contributed by atoms with E-state index >= 15 is 0 Å². The summed E-state index contributed by atoms with van der Waals surface area (Å²) < 4.78 is 11.0. The number of hydrogen-bond acceptors (Lipinski definition) is 4. The molecule has 3 rings (SSSR count). The van der Waals surface area contributed by atoms with E-state index in [0.717, 1.165) is 27.8 Å². The summed E-state index contributed by atoms with van der Waals surface area (Å²) in [5, 5.41) is 3.07. The molecule has 0 saturated heterocycles. The van der Waals surface area contributed by atoms with E-state index in [9.17, 15) is 0 Å². The summed E-state index contributed by atoms with van der Waals surface area (Å²) in [7, 11) is 0. The van der Waals surface area contributed by atoms with Crippen LogP contribution < -0.4 is 9.47 Å². The quantitative estimate of drug-likeness (QED) is 0.759. The van der Waals surface area contributed by atoms with Crippen LogP contribution in [0.5, 0.6) is 11.5 Å². The van der Waals surface area contributed by atoms with Crippen LogP contribution in [0.25, 0.3) is 10.6 Å². The summed E-state index contributed by atoms with van der Waals surface area (Å²) >= 11 is 1.65. The predicted molar refractivity (Wildman–Crippen MR) is 63.3 cm³/mol. The molecule has 1 aromatic carbocycles. The molecule has 1 aliphatic heterocycles. The Labute approximate surface area is 97.7 Å². The van der Waals surface area contributed by atoms with E-state index in [1.165, 1.54) is 0 Å². The van der Waals surface area contributed by atoms with Gasteiger partial charge in [0.2, 0.25) is 0 Å². The van der Waals surface area contributed by atoms with Crippen molar-refractivity contribution in [2.45, 2.75) is 6.92 Å². The molecule has 1 aliphatic rings. The van der Waals surface area contributed by atoms with Crippen LogP contribution in [0.1, 0.15) is 5.69 Å². The number of aryl methyl sites for hydroxylation is 1. The molecular weight excluding hydrogens is 222 g/mol. The fourth-order valence-electron chi connectivity index (χ4n) is 1.66. The van der Waals surface area contributed by atoms with Gasteiger partial charge in [0, 0.05) is 16.6 Å². The van der Waals surface area contributed by atoms with Gasteiger partial charge < -0.3 is 9.47 Å². The van der Waals surface area contributed by atoms with Crippen molar-refractivity contribution in [3.05, 3.63) is 29.3 Å². The minimum atomic E-state index is 0.618. The third kappa shape index (κ3) is 1.65. The Morgan fingerprint density at radius 3 is 2.75 bits per heavy atom. The van der Waals surface area contributed by atoms with E-state index in [-0.39, 0.29) is 0 Å². The molecule has 3 nitrogen and oxygen atoms in total. The number of aromatic nitrogens is 1. The van der Waals surface area contributed by atoms with Crippen molar-refractivity contribution in [1.82, 2.24) is 4.98 Å². The molecule has 0 spiro atoms. The highest BCUT2D eigenvalue weighted by molar-refractivity contribution is 7.13. The average Bonchev–Trinajstić information content (AvgIpc) is 2.75. The largest absolute Gasteiger partial charge is 0.486 e. The van der Waals surface area contributed by atoms with Crippen LogP contribution in [-0.4, -0.2) is 18.2 Å². The zero-order valence-electron chi connectivity index (χ0n) is 8.90. The van der Waals surface area contributed by atoms with Gasteiger partial charge in [0.15, 0.2) is 11.5 Å². The number of thiazole rings is 1. The lowest BCUT2D eigenvalue weighted by Crippen LogP contribution is -2.15. The second-order valence-electron chi connectivity index (χ2n) is 3.65. The zero-order valence-corrected chi connectivity index (χ0v) is 9.71. The first-order valence-corrected chi connectivity index (χ1v) is 6.03. The SMILES string of the molecule is Cc1csc(-c2ccc3c(c2)OCCO3)n1. The summed E-state index contributed by atoms with van der Waals surface area (Å²) in [6.45, 7) is 3.24. The molecule has 0 unspecified atom stereocenters. The lowest BCUT2D eigenvalue weighted by molar-refractivity contribution is 0.171. The lowest BCUT2D eigenvalue weighted by Gasteiger charge is -2.18. The van der Waals surface area contributed by atoms with Crippen LogP contribution in [-0.2, 0) is 0 Å². The van der Waals surface area contributed by atoms with Gasteiger partial charge in [-0.3, -0.25) is 0 Å². The standard InChI is InChI=1S/C12H11NO2S/c1-8-7-16-12(13-8)9-2-3-10-11(6-9)15-5-4-14-10/h2-3,6-7H,4-5H2,1H3. The molecule has 16 heavy (non-hydrogen) atoms. The Morgan fingerprint density at radius 1 is 1.19 bits per heavy atom. The molecule has 0 saturated carbocycles. The van der Waals surface area contributed by atoms with Gasteiger partial charge in [-0.1, -0.05) is 0 Å². The number of rotatable bonds is 1. The summed E-state index contributed by atoms with van der Waals surface area (Å²) in [6.07, 6.45) is 0. The van der Waals surface area contributed by atoms with Crippen LogP contribution in [0.2, 0.25) is 0 Å². The molecule has 0 amide bonds. The molecular formula is C12H11NO2S. The van der Waals surface area contributed by atoms with Gasteiger partial charge in [-0.2, -0.15) is 0 Å². The zero-order chi connectivity index (χ0) is 11.0. The van der Waals surface area contributed by atoms with Crippen LogP contribution in [0.3, 0.4) is 0 Å². The summed E-state index contributed by atoms with van der Waals surface area (Å²) in [5.74, 6) is 1.64. The average molecular weight is 233 g/mol. The molecule has 0 atom stereocenters. The van der Waals surface area contributed by atoms with E-state index in [2.05, 4.69) is 4.98 Å². The minimum absolute atomic E-state index is 0.618. The molecule has 82 valence electrons. The van der Waals surface area contributed by atoms with Gasteiger partial charge in [0.25, 0.3) is 0 Å². The van der Waals surface area contributed by atoms with Crippen molar-refractivity contribution >= 4 is 11.3 Å². The molecule has 0 bridgehead atoms. The maximum atomic E-state index is 5.54. The molecule has 4 heteroatoms. The van der Waals surface area contributed by atoms with Gasteiger partial charge in [-0.05, 0) is 25.1 Å². The fraction of sp³-hybridized carbons (Fsp3) is 0.250. The summed E-state index contributed by atoms with van der Waals surface area (Å²) in [5.41, 5.74) is 2.14. The van der Waals surface area contributed by atoms with Crippen molar-refractivity contribution in [2.75, 3.05) is 13.2 Å². The second-order valence-corrected chi connectivity index (χ2v) is 4.51. The molecule has 2 heterocycles. The van der Waals surface area contributed by atoms with E-state index in [4.69, 9.17) is 9.47 Å². The van der Waals surface area contributed by atoms with Crippen molar-refractivity contribution in [2.24, 2.45) is 0 Å². The van der Waals surface area contributed by atoms with Gasteiger partial charge in [-0.25, -0.2) is 4.98 Å². The van der Waals surface area contributed by atoms with Crippen LogP contribution in [0.4, 0.5) is 0 Å². The van der Waals surface area contributed by atoms with Crippen LogP contribution in [0, 0.1) is 6.92 Å². The smallest absolute Gasteiger partial charge is 0.162 e. The Hall–Kier alpha value is -1.55. The molecule has 0 aliphatic carbocycles. The highest BCUT2D eigenvalue weighted by Crippen LogP contribution is 2.35. The summed E-state index contributed by atoms with van der Waals surface area (Å²) in [4.78, 5) is 4.45. The second kappa shape index (κ2) is 3.79. The van der Waals surface area contributed by atoms with Crippen molar-refractivity contribution in [3.8, 4) is 22.1 Å². The van der Waals surface area contributed by atoms with Crippen LogP contribution in [0.15, 0.2) is 23.6 Å². The Balaban J connectivity index is 2.02. The predicted octanol–water partition coefficient (Wildman–Crippen LogP) is 2.89. The highest BCUT2D eigenvalue weighted by atomic mass is 32.1. The molecule has 0 radical (unpaired) electrons. The number of nitrogens with zero attached hydrogens (tertiary/aromatic N) is 1. The van der Waals surface area contributed by atoms with Crippen molar-refractivity contribution < 1.29 is 9.47 Å². The molecule has 0 fully saturated rings. The van der Waals surface area contributed by atoms with Gasteiger partial charge >= 0.3 is 0 Å². The molecule has 1 aromatic heterocycles. The number of benzene rings is 1. The number of ether oxygens (including phenoxy) is 2. The highest BCUT2D eigenvalue weighted by Gasteiger charge is 2.13. The topological polar surface area (TPSA) is 31.4 Å². The molecule has 0 N–H and O–H groups in total.